The first-order valence-corrected chi connectivity index (χ1v) is 6.07. The molecule has 0 saturated carbocycles. The fourth-order valence-electron chi connectivity index (χ4n) is 1.41. The molecule has 1 rings (SSSR count). The zero-order valence-corrected chi connectivity index (χ0v) is 11.1. The van der Waals surface area contributed by atoms with Crippen LogP contribution >= 0.6 is 0 Å². The Kier molecular flexibility index (Phi) is 6.39. The number of carbonyl (C=O) groups excluding carboxylic acids is 1. The molecule has 2 atom stereocenters. The first-order chi connectivity index (χ1) is 8.67. The van der Waals surface area contributed by atoms with Crippen LogP contribution in [0, 0.1) is 0 Å². The predicted octanol–water partition coefficient (Wildman–Crippen LogP) is 2.63. The number of esters is 1. The summed E-state index contributed by atoms with van der Waals surface area (Å²) in [6, 6.07) is 8.91. The monoisotopic (exact) mass is 252 g/mol. The van der Waals surface area contributed by atoms with E-state index in [1.54, 1.807) is 31.4 Å². The van der Waals surface area contributed by atoms with Gasteiger partial charge in [-0.1, -0.05) is 25.1 Å². The summed E-state index contributed by atoms with van der Waals surface area (Å²) in [6.45, 7) is 4.02. The Bertz CT molecular complexity index is 350. The quantitative estimate of drug-likeness (QED) is 0.553. The third-order valence-corrected chi connectivity index (χ3v) is 2.58. The van der Waals surface area contributed by atoms with Crippen molar-refractivity contribution < 1.29 is 19.0 Å². The van der Waals surface area contributed by atoms with E-state index in [0.29, 0.717) is 5.56 Å². The molecule has 100 valence electrons. The lowest BCUT2D eigenvalue weighted by Gasteiger charge is -2.20. The maximum Gasteiger partial charge on any atom is 0.338 e. The van der Waals surface area contributed by atoms with Crippen LogP contribution in [0.3, 0.4) is 0 Å². The minimum atomic E-state index is -0.331. The lowest BCUT2D eigenvalue weighted by molar-refractivity contribution is -0.154. The molecule has 0 aromatic heterocycles. The molecule has 0 aliphatic heterocycles. The number of hydrogen-bond donors (Lipinski definition) is 0. The van der Waals surface area contributed by atoms with Gasteiger partial charge in [-0.3, -0.25) is 0 Å². The van der Waals surface area contributed by atoms with Crippen LogP contribution < -0.4 is 0 Å². The number of benzene rings is 1. The minimum Gasteiger partial charge on any atom is -0.459 e. The number of ether oxygens (including phenoxy) is 3. The smallest absolute Gasteiger partial charge is 0.338 e. The van der Waals surface area contributed by atoms with Gasteiger partial charge in [0.15, 0.2) is 6.29 Å². The van der Waals surface area contributed by atoms with Gasteiger partial charge in [-0.15, -0.1) is 0 Å². The average molecular weight is 252 g/mol. The summed E-state index contributed by atoms with van der Waals surface area (Å²) in [5.41, 5.74) is 0.548. The van der Waals surface area contributed by atoms with Gasteiger partial charge in [0.05, 0.1) is 11.7 Å². The number of hydrogen-bond acceptors (Lipinski definition) is 4. The Morgan fingerprint density at radius 3 is 2.50 bits per heavy atom. The molecule has 0 spiro atoms. The Morgan fingerprint density at radius 1 is 1.28 bits per heavy atom. The molecule has 0 heterocycles. The zero-order chi connectivity index (χ0) is 13.4. The van der Waals surface area contributed by atoms with E-state index < -0.39 is 0 Å². The molecule has 4 heteroatoms. The molecule has 1 aromatic rings. The molecule has 0 aliphatic carbocycles. The van der Waals surface area contributed by atoms with Crippen molar-refractivity contribution >= 4 is 5.97 Å². The molecule has 2 unspecified atom stereocenters. The molecule has 0 saturated heterocycles. The topological polar surface area (TPSA) is 44.8 Å². The van der Waals surface area contributed by atoms with Gasteiger partial charge in [0.2, 0.25) is 0 Å². The molecule has 0 bridgehead atoms. The van der Waals surface area contributed by atoms with Gasteiger partial charge in [-0.25, -0.2) is 4.79 Å². The predicted molar refractivity (Wildman–Crippen MR) is 68.4 cm³/mol. The molecule has 4 nitrogen and oxygen atoms in total. The van der Waals surface area contributed by atoms with E-state index in [9.17, 15) is 4.79 Å². The third kappa shape index (κ3) is 4.85. The van der Waals surface area contributed by atoms with Gasteiger partial charge >= 0.3 is 5.97 Å². The van der Waals surface area contributed by atoms with Crippen LogP contribution in [0.2, 0.25) is 0 Å². The summed E-state index contributed by atoms with van der Waals surface area (Å²) >= 11 is 0. The lowest BCUT2D eigenvalue weighted by atomic mass is 10.2. The normalized spacial score (nSPS) is 13.9. The van der Waals surface area contributed by atoms with Gasteiger partial charge in [-0.2, -0.15) is 0 Å². The van der Waals surface area contributed by atoms with Crippen molar-refractivity contribution in [2.75, 3.05) is 13.7 Å². The van der Waals surface area contributed by atoms with E-state index in [-0.39, 0.29) is 25.0 Å². The first kappa shape index (κ1) is 14.7. The van der Waals surface area contributed by atoms with E-state index in [1.165, 1.54) is 0 Å². The summed E-state index contributed by atoms with van der Waals surface area (Å²) in [5, 5.41) is 0. The molecule has 18 heavy (non-hydrogen) atoms. The lowest BCUT2D eigenvalue weighted by Crippen LogP contribution is -2.26. The largest absolute Gasteiger partial charge is 0.459 e. The highest BCUT2D eigenvalue weighted by Gasteiger charge is 2.14. The maximum atomic E-state index is 11.7. The highest BCUT2D eigenvalue weighted by Crippen LogP contribution is 2.07. The molecule has 0 aliphatic rings. The SMILES string of the molecule is CCC(COC(=O)c1ccccc1)OC(C)OC. The highest BCUT2D eigenvalue weighted by molar-refractivity contribution is 5.89. The third-order valence-electron chi connectivity index (χ3n) is 2.58. The van der Waals surface area contributed by atoms with Gasteiger partial charge in [0.25, 0.3) is 0 Å². The molecule has 0 N–H and O–H groups in total. The van der Waals surface area contributed by atoms with Crippen molar-refractivity contribution in [2.45, 2.75) is 32.7 Å². The average Bonchev–Trinajstić information content (AvgIpc) is 2.43. The Morgan fingerprint density at radius 2 is 1.94 bits per heavy atom. The van der Waals surface area contributed by atoms with Gasteiger partial charge < -0.3 is 14.2 Å². The Balaban J connectivity index is 2.41. The molecular weight excluding hydrogens is 232 g/mol. The molecule has 0 amide bonds. The Labute approximate surface area is 108 Å². The van der Waals surface area contributed by atoms with Crippen LogP contribution in [0.1, 0.15) is 30.6 Å². The van der Waals surface area contributed by atoms with Crippen LogP contribution in [0.5, 0.6) is 0 Å². The van der Waals surface area contributed by atoms with Gasteiger partial charge in [-0.05, 0) is 25.5 Å². The van der Waals surface area contributed by atoms with E-state index >= 15 is 0 Å². The second-order valence-corrected chi connectivity index (χ2v) is 3.93. The Hall–Kier alpha value is -1.39. The van der Waals surface area contributed by atoms with E-state index in [1.807, 2.05) is 19.9 Å². The van der Waals surface area contributed by atoms with E-state index in [2.05, 4.69) is 0 Å². The van der Waals surface area contributed by atoms with Crippen molar-refractivity contribution in [3.8, 4) is 0 Å². The van der Waals surface area contributed by atoms with Crippen molar-refractivity contribution in [3.05, 3.63) is 35.9 Å². The second kappa shape index (κ2) is 7.84. The van der Waals surface area contributed by atoms with E-state index in [4.69, 9.17) is 14.2 Å². The van der Waals surface area contributed by atoms with Crippen molar-refractivity contribution in [3.63, 3.8) is 0 Å². The summed E-state index contributed by atoms with van der Waals surface area (Å²) < 4.78 is 15.8. The summed E-state index contributed by atoms with van der Waals surface area (Å²) in [5.74, 6) is -0.331. The first-order valence-electron chi connectivity index (χ1n) is 6.07. The van der Waals surface area contributed by atoms with E-state index in [0.717, 1.165) is 6.42 Å². The van der Waals surface area contributed by atoms with Gasteiger partial charge in [0, 0.05) is 7.11 Å². The number of carbonyl (C=O) groups is 1. The van der Waals surface area contributed by atoms with Gasteiger partial charge in [0.1, 0.15) is 6.61 Å². The molecule has 0 fully saturated rings. The second-order valence-electron chi connectivity index (χ2n) is 3.93. The fourth-order valence-corrected chi connectivity index (χ4v) is 1.41. The van der Waals surface area contributed by atoms with Crippen LogP contribution in [0.15, 0.2) is 30.3 Å². The standard InChI is InChI=1S/C14H20O4/c1-4-13(18-11(2)16-3)10-17-14(15)12-8-6-5-7-9-12/h5-9,11,13H,4,10H2,1-3H3. The molecule has 0 radical (unpaired) electrons. The number of rotatable bonds is 7. The maximum absolute atomic E-state index is 11.7. The summed E-state index contributed by atoms with van der Waals surface area (Å²) in [4.78, 5) is 11.7. The van der Waals surface area contributed by atoms with Crippen LogP contribution in [-0.2, 0) is 14.2 Å². The van der Waals surface area contributed by atoms with Crippen molar-refractivity contribution in [1.29, 1.82) is 0 Å². The van der Waals surface area contributed by atoms with Crippen molar-refractivity contribution in [2.24, 2.45) is 0 Å². The minimum absolute atomic E-state index is 0.146. The van der Waals surface area contributed by atoms with Crippen LogP contribution in [0.4, 0.5) is 0 Å². The number of methoxy groups -OCH3 is 1. The molecular formula is C14H20O4. The summed E-state index contributed by atoms with van der Waals surface area (Å²) in [6.07, 6.45) is 0.313. The fraction of sp³-hybridized carbons (Fsp3) is 0.500. The van der Waals surface area contributed by atoms with Crippen LogP contribution in [-0.4, -0.2) is 32.1 Å². The highest BCUT2D eigenvalue weighted by atomic mass is 16.7. The van der Waals surface area contributed by atoms with Crippen LogP contribution in [0.25, 0.3) is 0 Å². The summed E-state index contributed by atoms with van der Waals surface area (Å²) in [7, 11) is 1.58. The van der Waals surface area contributed by atoms with Crippen molar-refractivity contribution in [1.82, 2.24) is 0 Å². The molecule has 1 aromatic carbocycles. The zero-order valence-electron chi connectivity index (χ0n) is 11.1.